The van der Waals surface area contributed by atoms with E-state index in [4.69, 9.17) is 4.55 Å². The van der Waals surface area contributed by atoms with Gasteiger partial charge in [-0.15, -0.1) is 11.3 Å². The topological polar surface area (TPSA) is 54.4 Å². The molecule has 0 aromatic carbocycles. The molecule has 0 amide bonds. The Hall–Kier alpha value is -0.860. The van der Waals surface area contributed by atoms with Gasteiger partial charge in [0.25, 0.3) is 10.1 Å². The van der Waals surface area contributed by atoms with Gasteiger partial charge in [-0.05, 0) is 42.7 Å². The molecule has 1 aromatic heterocycles. The lowest BCUT2D eigenvalue weighted by Crippen LogP contribution is -2.15. The molecule has 1 heterocycles. The Morgan fingerprint density at radius 3 is 2.50 bits per heavy atom. The first-order chi connectivity index (χ1) is 9.12. The summed E-state index contributed by atoms with van der Waals surface area (Å²) in [6, 6.07) is 0. The summed E-state index contributed by atoms with van der Waals surface area (Å²) in [4.78, 5) is -0.953. The smallest absolute Gasteiger partial charge is 0.285 e. The van der Waals surface area contributed by atoms with Gasteiger partial charge >= 0.3 is 6.18 Å². The molecule has 0 bridgehead atoms. The lowest BCUT2D eigenvalue weighted by molar-refractivity contribution is -0.134. The summed E-state index contributed by atoms with van der Waals surface area (Å²) in [5.41, 5.74) is 0.686. The number of alkyl halides is 3. The molecule has 1 aliphatic carbocycles. The third kappa shape index (κ3) is 2.91. The van der Waals surface area contributed by atoms with Crippen molar-refractivity contribution in [3.05, 3.63) is 27.5 Å². The summed E-state index contributed by atoms with van der Waals surface area (Å²) in [5.74, 6) is 0. The van der Waals surface area contributed by atoms with Crippen LogP contribution in [0.15, 0.2) is 11.5 Å². The van der Waals surface area contributed by atoms with Crippen molar-refractivity contribution >= 4 is 27.0 Å². The van der Waals surface area contributed by atoms with Gasteiger partial charge in [-0.25, -0.2) is 0 Å². The molecule has 1 aliphatic rings. The van der Waals surface area contributed by atoms with Gasteiger partial charge in [-0.1, -0.05) is 6.08 Å². The van der Waals surface area contributed by atoms with Crippen LogP contribution in [0, 0.1) is 0 Å². The molecule has 0 saturated heterocycles. The van der Waals surface area contributed by atoms with E-state index in [-0.39, 0.29) is 5.56 Å². The molecule has 0 saturated carbocycles. The Kier molecular flexibility index (Phi) is 4.01. The van der Waals surface area contributed by atoms with Crippen LogP contribution in [0.1, 0.15) is 47.4 Å². The van der Waals surface area contributed by atoms with Gasteiger partial charge in [-0.3, -0.25) is 4.55 Å². The van der Waals surface area contributed by atoms with E-state index in [9.17, 15) is 21.6 Å². The highest BCUT2D eigenvalue weighted by atomic mass is 32.2. The standard InChI is InChI=1S/C12H13F3O3S2/c1-7(20(16,17)18)10-9(8-4-2-3-5-8)6-19-11(10)12(13,14)15/h4,6-7H,2-3,5H2,1H3,(H,16,17,18). The third-order valence-electron chi connectivity index (χ3n) is 3.33. The number of halogens is 3. The molecule has 0 aliphatic heterocycles. The van der Waals surface area contributed by atoms with Crippen molar-refractivity contribution in [1.82, 2.24) is 0 Å². The maximum atomic E-state index is 13.0. The Balaban J connectivity index is 2.63. The van der Waals surface area contributed by atoms with Gasteiger partial charge in [0, 0.05) is 5.56 Å². The highest BCUT2D eigenvalue weighted by molar-refractivity contribution is 7.86. The second-order valence-electron chi connectivity index (χ2n) is 4.67. The Morgan fingerprint density at radius 2 is 2.05 bits per heavy atom. The van der Waals surface area contributed by atoms with E-state index in [0.717, 1.165) is 25.3 Å². The normalized spacial score (nSPS) is 18.1. The van der Waals surface area contributed by atoms with Crippen LogP contribution in [0.25, 0.3) is 5.57 Å². The van der Waals surface area contributed by atoms with Crippen molar-refractivity contribution < 1.29 is 26.1 Å². The predicted molar refractivity (Wildman–Crippen MR) is 71.1 cm³/mol. The van der Waals surface area contributed by atoms with Crippen LogP contribution in [0.5, 0.6) is 0 Å². The number of allylic oxidation sites excluding steroid dienone is 2. The molecule has 0 radical (unpaired) electrons. The van der Waals surface area contributed by atoms with Crippen molar-refractivity contribution in [2.45, 2.75) is 37.6 Å². The highest BCUT2D eigenvalue weighted by Crippen LogP contribution is 2.46. The van der Waals surface area contributed by atoms with Gasteiger partial charge in [-0.2, -0.15) is 21.6 Å². The lowest BCUT2D eigenvalue weighted by Gasteiger charge is -2.15. The predicted octanol–water partition coefficient (Wildman–Crippen LogP) is 4.28. The maximum Gasteiger partial charge on any atom is 0.425 e. The summed E-state index contributed by atoms with van der Waals surface area (Å²) in [6.45, 7) is 1.08. The van der Waals surface area contributed by atoms with E-state index in [1.165, 1.54) is 5.38 Å². The van der Waals surface area contributed by atoms with Gasteiger partial charge in [0.2, 0.25) is 0 Å². The van der Waals surface area contributed by atoms with Crippen LogP contribution in [0.2, 0.25) is 0 Å². The largest absolute Gasteiger partial charge is 0.425 e. The first-order valence-corrected chi connectivity index (χ1v) is 8.35. The van der Waals surface area contributed by atoms with Crippen molar-refractivity contribution in [3.63, 3.8) is 0 Å². The zero-order valence-corrected chi connectivity index (χ0v) is 12.2. The molecule has 0 spiro atoms. The minimum atomic E-state index is -4.63. The summed E-state index contributed by atoms with van der Waals surface area (Å²) in [5, 5.41) is -0.265. The number of hydrogen-bond donors (Lipinski definition) is 1. The molecular weight excluding hydrogens is 313 g/mol. The Morgan fingerprint density at radius 1 is 1.40 bits per heavy atom. The molecular formula is C12H13F3O3S2. The van der Waals surface area contributed by atoms with E-state index in [1.54, 1.807) is 0 Å². The summed E-state index contributed by atoms with van der Waals surface area (Å²) >= 11 is 0.473. The van der Waals surface area contributed by atoms with Crippen molar-refractivity contribution in [2.24, 2.45) is 0 Å². The lowest BCUT2D eigenvalue weighted by atomic mass is 10.00. The molecule has 20 heavy (non-hydrogen) atoms. The molecule has 3 nitrogen and oxygen atoms in total. The monoisotopic (exact) mass is 326 g/mol. The quantitative estimate of drug-likeness (QED) is 0.843. The van der Waals surface area contributed by atoms with Crippen molar-refractivity contribution in [1.29, 1.82) is 0 Å². The molecule has 0 fully saturated rings. The third-order valence-corrected chi connectivity index (χ3v) is 5.50. The van der Waals surface area contributed by atoms with Gasteiger partial charge in [0.05, 0.1) is 0 Å². The molecule has 1 N–H and O–H groups in total. The first kappa shape index (κ1) is 15.5. The van der Waals surface area contributed by atoms with Gasteiger partial charge < -0.3 is 0 Å². The van der Waals surface area contributed by atoms with Crippen LogP contribution < -0.4 is 0 Å². The second kappa shape index (κ2) is 5.16. The van der Waals surface area contributed by atoms with E-state index >= 15 is 0 Å². The maximum absolute atomic E-state index is 13.0. The highest BCUT2D eigenvalue weighted by Gasteiger charge is 2.40. The van der Waals surface area contributed by atoms with Crippen LogP contribution in [-0.4, -0.2) is 13.0 Å². The average Bonchev–Trinajstić information content (AvgIpc) is 2.94. The molecule has 1 unspecified atom stereocenters. The second-order valence-corrected chi connectivity index (χ2v) is 7.29. The minimum absolute atomic E-state index is 0.296. The van der Waals surface area contributed by atoms with Gasteiger partial charge in [0.15, 0.2) is 0 Å². The fourth-order valence-electron chi connectivity index (χ4n) is 2.30. The van der Waals surface area contributed by atoms with Crippen LogP contribution >= 0.6 is 11.3 Å². The number of rotatable bonds is 3. The summed E-state index contributed by atoms with van der Waals surface area (Å²) < 4.78 is 70.6. The number of hydrogen-bond acceptors (Lipinski definition) is 3. The van der Waals surface area contributed by atoms with Crippen LogP contribution in [0.4, 0.5) is 13.2 Å². The summed E-state index contributed by atoms with van der Waals surface area (Å²) in [7, 11) is -4.58. The van der Waals surface area contributed by atoms with Crippen molar-refractivity contribution in [2.75, 3.05) is 0 Å². The zero-order valence-electron chi connectivity index (χ0n) is 10.6. The van der Waals surface area contributed by atoms with E-state index in [1.807, 2.05) is 6.08 Å². The van der Waals surface area contributed by atoms with E-state index in [2.05, 4.69) is 0 Å². The molecule has 1 atom stereocenters. The zero-order chi connectivity index (χ0) is 15.1. The minimum Gasteiger partial charge on any atom is -0.285 e. The SMILES string of the molecule is CC(c1c(C2=CCCC2)csc1C(F)(F)F)S(=O)(=O)O. The Bertz CT molecular complexity index is 641. The average molecular weight is 326 g/mol. The first-order valence-electron chi connectivity index (χ1n) is 5.96. The molecule has 2 rings (SSSR count). The van der Waals surface area contributed by atoms with E-state index < -0.39 is 26.4 Å². The van der Waals surface area contributed by atoms with Crippen molar-refractivity contribution in [3.8, 4) is 0 Å². The molecule has 112 valence electrons. The Labute approximate surface area is 118 Å². The van der Waals surface area contributed by atoms with Gasteiger partial charge in [0.1, 0.15) is 10.1 Å². The fraction of sp³-hybridized carbons (Fsp3) is 0.500. The van der Waals surface area contributed by atoms with Crippen LogP contribution in [-0.2, 0) is 16.3 Å². The van der Waals surface area contributed by atoms with Crippen LogP contribution in [0.3, 0.4) is 0 Å². The molecule has 8 heteroatoms. The summed E-state index contributed by atoms with van der Waals surface area (Å²) in [6.07, 6.45) is -0.573. The van der Waals surface area contributed by atoms with E-state index in [0.29, 0.717) is 23.3 Å². The fourth-order valence-corrected chi connectivity index (χ4v) is 3.98. The molecule has 1 aromatic rings. The number of thiophene rings is 1.